The summed E-state index contributed by atoms with van der Waals surface area (Å²) < 4.78 is 46.6. The molecule has 1 unspecified atom stereocenters. The van der Waals surface area contributed by atoms with E-state index in [1.54, 1.807) is 7.11 Å². The van der Waals surface area contributed by atoms with Crippen molar-refractivity contribution < 1.29 is 17.5 Å². The highest BCUT2D eigenvalue weighted by Crippen LogP contribution is 2.28. The van der Waals surface area contributed by atoms with E-state index in [0.29, 0.717) is 6.42 Å². The third-order valence-electron chi connectivity index (χ3n) is 4.25. The van der Waals surface area contributed by atoms with E-state index in [0.717, 1.165) is 11.6 Å². The number of ether oxygens (including phenoxy) is 1. The molecule has 24 heavy (non-hydrogen) atoms. The molecule has 6 heteroatoms. The molecule has 2 aromatic rings. The van der Waals surface area contributed by atoms with Gasteiger partial charge < -0.3 is 4.74 Å². The van der Waals surface area contributed by atoms with Crippen molar-refractivity contribution in [1.82, 2.24) is 4.72 Å². The van der Waals surface area contributed by atoms with Gasteiger partial charge in [0.05, 0.1) is 4.90 Å². The number of hydrogen-bond acceptors (Lipinski definition) is 3. The maximum atomic E-state index is 13.4. The molecule has 0 radical (unpaired) electrons. The molecule has 0 bridgehead atoms. The molecular weight excluding hydrogens is 329 g/mol. The summed E-state index contributed by atoms with van der Waals surface area (Å²) in [7, 11) is -2.20. The summed E-state index contributed by atoms with van der Waals surface area (Å²) in [6.45, 7) is 3.55. The average Bonchev–Trinajstić information content (AvgIpc) is 2.59. The zero-order valence-corrected chi connectivity index (χ0v) is 14.9. The van der Waals surface area contributed by atoms with Gasteiger partial charge in [-0.25, -0.2) is 17.5 Å². The van der Waals surface area contributed by atoms with E-state index in [4.69, 9.17) is 4.74 Å². The van der Waals surface area contributed by atoms with Gasteiger partial charge in [-0.3, -0.25) is 0 Å². The Morgan fingerprint density at radius 3 is 2.38 bits per heavy atom. The lowest BCUT2D eigenvalue weighted by atomic mass is 9.91. The minimum atomic E-state index is -3.76. The summed E-state index contributed by atoms with van der Waals surface area (Å²) in [5, 5.41) is 0. The average molecular weight is 351 g/mol. The first-order chi connectivity index (χ1) is 11.3. The Hall–Kier alpha value is -1.76. The van der Waals surface area contributed by atoms with Crippen LogP contribution < -0.4 is 4.72 Å². The second kappa shape index (κ2) is 7.42. The van der Waals surface area contributed by atoms with Gasteiger partial charge >= 0.3 is 0 Å². The summed E-state index contributed by atoms with van der Waals surface area (Å²) in [6, 6.07) is 13.2. The van der Waals surface area contributed by atoms with Crippen LogP contribution in [0.3, 0.4) is 0 Å². The fraction of sp³-hybridized carbons (Fsp3) is 0.333. The van der Waals surface area contributed by atoms with Crippen LogP contribution in [0.5, 0.6) is 0 Å². The SMILES string of the molecule is CCC(CNS(=O)(=O)c1ccc(F)c(C)c1)(OC)c1ccccc1. The van der Waals surface area contributed by atoms with Crippen LogP contribution >= 0.6 is 0 Å². The van der Waals surface area contributed by atoms with Crippen LogP contribution in [0.2, 0.25) is 0 Å². The van der Waals surface area contributed by atoms with Gasteiger partial charge in [-0.2, -0.15) is 0 Å². The lowest BCUT2D eigenvalue weighted by Gasteiger charge is -2.32. The smallest absolute Gasteiger partial charge is 0.240 e. The van der Waals surface area contributed by atoms with Crippen molar-refractivity contribution in [2.75, 3.05) is 13.7 Å². The third-order valence-corrected chi connectivity index (χ3v) is 5.65. The Morgan fingerprint density at radius 1 is 1.17 bits per heavy atom. The van der Waals surface area contributed by atoms with Gasteiger partial charge in [-0.1, -0.05) is 37.3 Å². The zero-order valence-electron chi connectivity index (χ0n) is 14.0. The minimum absolute atomic E-state index is 0.0376. The molecule has 0 aromatic heterocycles. The minimum Gasteiger partial charge on any atom is -0.372 e. The quantitative estimate of drug-likeness (QED) is 0.832. The molecule has 0 aliphatic carbocycles. The van der Waals surface area contributed by atoms with Crippen molar-refractivity contribution in [3.8, 4) is 0 Å². The summed E-state index contributed by atoms with van der Waals surface area (Å²) in [6.07, 6.45) is 0.596. The van der Waals surface area contributed by atoms with Gasteiger partial charge in [-0.15, -0.1) is 0 Å². The molecule has 130 valence electrons. The molecule has 0 aliphatic heterocycles. The van der Waals surface area contributed by atoms with E-state index in [1.807, 2.05) is 37.3 Å². The van der Waals surface area contributed by atoms with E-state index in [1.165, 1.54) is 19.1 Å². The maximum Gasteiger partial charge on any atom is 0.240 e. The van der Waals surface area contributed by atoms with Crippen molar-refractivity contribution in [3.63, 3.8) is 0 Å². The largest absolute Gasteiger partial charge is 0.372 e. The Kier molecular flexibility index (Phi) is 5.74. The lowest BCUT2D eigenvalue weighted by molar-refractivity contribution is -0.0133. The Labute approximate surface area is 142 Å². The Bertz CT molecular complexity index is 787. The number of sulfonamides is 1. The molecule has 0 saturated carbocycles. The zero-order chi connectivity index (χ0) is 17.8. The van der Waals surface area contributed by atoms with E-state index < -0.39 is 21.4 Å². The van der Waals surface area contributed by atoms with Crippen LogP contribution in [0.15, 0.2) is 53.4 Å². The van der Waals surface area contributed by atoms with E-state index in [9.17, 15) is 12.8 Å². The van der Waals surface area contributed by atoms with Crippen LogP contribution in [0, 0.1) is 12.7 Å². The van der Waals surface area contributed by atoms with Crippen LogP contribution in [0.1, 0.15) is 24.5 Å². The summed E-state index contributed by atoms with van der Waals surface area (Å²) >= 11 is 0. The molecular formula is C18H22FNO3S. The highest BCUT2D eigenvalue weighted by Gasteiger charge is 2.32. The van der Waals surface area contributed by atoms with Crippen molar-refractivity contribution >= 4 is 10.0 Å². The van der Waals surface area contributed by atoms with Crippen molar-refractivity contribution in [2.24, 2.45) is 0 Å². The van der Waals surface area contributed by atoms with Crippen LogP contribution in [-0.2, 0) is 20.4 Å². The molecule has 0 spiro atoms. The van der Waals surface area contributed by atoms with Gasteiger partial charge in [0.2, 0.25) is 10.0 Å². The second-order valence-corrected chi connectivity index (χ2v) is 7.42. The molecule has 2 rings (SSSR count). The molecule has 1 atom stereocenters. The fourth-order valence-corrected chi connectivity index (χ4v) is 3.76. The van der Waals surface area contributed by atoms with Gasteiger partial charge in [-0.05, 0) is 42.7 Å². The standard InChI is InChI=1S/C18H22FNO3S/c1-4-18(23-3,15-8-6-5-7-9-15)13-20-24(21,22)16-10-11-17(19)14(2)12-16/h5-12,20H,4,13H2,1-3H3. The van der Waals surface area contributed by atoms with Gasteiger partial charge in [0.1, 0.15) is 11.4 Å². The van der Waals surface area contributed by atoms with Crippen molar-refractivity contribution in [1.29, 1.82) is 0 Å². The lowest BCUT2D eigenvalue weighted by Crippen LogP contribution is -2.41. The Morgan fingerprint density at radius 2 is 1.83 bits per heavy atom. The highest BCUT2D eigenvalue weighted by molar-refractivity contribution is 7.89. The number of hydrogen-bond donors (Lipinski definition) is 1. The number of benzene rings is 2. The normalized spacial score (nSPS) is 14.3. The number of halogens is 1. The van der Waals surface area contributed by atoms with E-state index in [2.05, 4.69) is 4.72 Å². The van der Waals surface area contributed by atoms with Crippen LogP contribution in [-0.4, -0.2) is 22.1 Å². The first-order valence-electron chi connectivity index (χ1n) is 7.71. The predicted molar refractivity (Wildman–Crippen MR) is 91.7 cm³/mol. The molecule has 2 aromatic carbocycles. The number of aryl methyl sites for hydroxylation is 1. The third kappa shape index (κ3) is 3.83. The van der Waals surface area contributed by atoms with Crippen molar-refractivity contribution in [2.45, 2.75) is 30.8 Å². The first kappa shape index (κ1) is 18.6. The predicted octanol–water partition coefficient (Wildman–Crippen LogP) is 3.36. The first-order valence-corrected chi connectivity index (χ1v) is 9.19. The van der Waals surface area contributed by atoms with Gasteiger partial charge in [0, 0.05) is 13.7 Å². The van der Waals surface area contributed by atoms with Gasteiger partial charge in [0.25, 0.3) is 0 Å². The number of methoxy groups -OCH3 is 1. The second-order valence-electron chi connectivity index (χ2n) is 5.65. The highest BCUT2D eigenvalue weighted by atomic mass is 32.2. The molecule has 0 aliphatic rings. The van der Waals surface area contributed by atoms with Crippen LogP contribution in [0.25, 0.3) is 0 Å². The van der Waals surface area contributed by atoms with E-state index in [-0.39, 0.29) is 17.0 Å². The molecule has 0 saturated heterocycles. The summed E-state index contributed by atoms with van der Waals surface area (Å²) in [5.74, 6) is -0.432. The molecule has 1 N–H and O–H groups in total. The van der Waals surface area contributed by atoms with Crippen LogP contribution in [0.4, 0.5) is 4.39 Å². The molecule has 0 amide bonds. The molecule has 0 fully saturated rings. The topological polar surface area (TPSA) is 55.4 Å². The number of rotatable bonds is 7. The summed E-state index contributed by atoms with van der Waals surface area (Å²) in [5.41, 5.74) is 0.422. The van der Waals surface area contributed by atoms with Crippen molar-refractivity contribution in [3.05, 3.63) is 65.5 Å². The van der Waals surface area contributed by atoms with E-state index >= 15 is 0 Å². The monoisotopic (exact) mass is 351 g/mol. The Balaban J connectivity index is 2.27. The fourth-order valence-electron chi connectivity index (χ4n) is 2.59. The maximum absolute atomic E-state index is 13.4. The van der Waals surface area contributed by atoms with Gasteiger partial charge in [0.15, 0.2) is 0 Å². The number of nitrogens with one attached hydrogen (secondary N) is 1. The summed E-state index contributed by atoms with van der Waals surface area (Å²) in [4.78, 5) is 0.0376. The molecule has 0 heterocycles. The molecule has 4 nitrogen and oxygen atoms in total.